The van der Waals surface area contributed by atoms with Gasteiger partial charge in [0.05, 0.1) is 28.2 Å². The Bertz CT molecular complexity index is 1290. The molecule has 1 amide bonds. The van der Waals surface area contributed by atoms with Gasteiger partial charge in [-0.1, -0.05) is 29.3 Å². The summed E-state index contributed by atoms with van der Waals surface area (Å²) in [5, 5.41) is 13.2. The van der Waals surface area contributed by atoms with Crippen LogP contribution in [0.4, 0.5) is 5.69 Å². The Hall–Kier alpha value is -3.18. The molecule has 35 heavy (non-hydrogen) atoms. The smallest absolute Gasteiger partial charge is 0.266 e. The fourth-order valence-electron chi connectivity index (χ4n) is 3.06. The van der Waals surface area contributed by atoms with E-state index in [1.807, 2.05) is 19.1 Å². The van der Waals surface area contributed by atoms with Crippen molar-refractivity contribution in [3.8, 4) is 23.3 Å². The first-order valence-electron chi connectivity index (χ1n) is 10.4. The molecule has 0 saturated carbocycles. The Morgan fingerprint density at radius 2 is 1.83 bits per heavy atom. The molecule has 0 saturated heterocycles. The van der Waals surface area contributed by atoms with Gasteiger partial charge >= 0.3 is 0 Å². The lowest BCUT2D eigenvalue weighted by Crippen LogP contribution is -2.13. The Balaban J connectivity index is 1.77. The topological polar surface area (TPSA) is 80.6 Å². The molecule has 0 aliphatic carbocycles. The van der Waals surface area contributed by atoms with Crippen LogP contribution in [0.5, 0.6) is 17.2 Å². The van der Waals surface area contributed by atoms with Gasteiger partial charge in [0.2, 0.25) is 0 Å². The molecule has 0 aliphatic rings. The van der Waals surface area contributed by atoms with Crippen LogP contribution in [0.3, 0.4) is 0 Å². The van der Waals surface area contributed by atoms with E-state index >= 15 is 0 Å². The van der Waals surface area contributed by atoms with E-state index in [4.69, 9.17) is 37.4 Å². The van der Waals surface area contributed by atoms with Crippen LogP contribution in [0.25, 0.3) is 6.08 Å². The summed E-state index contributed by atoms with van der Waals surface area (Å²) in [6, 6.07) is 17.5. The number of hydrogen-bond donors (Lipinski definition) is 1. The number of benzene rings is 3. The van der Waals surface area contributed by atoms with Crippen molar-refractivity contribution in [3.05, 3.63) is 85.8 Å². The molecule has 6 nitrogen and oxygen atoms in total. The van der Waals surface area contributed by atoms with Gasteiger partial charge in [0, 0.05) is 5.69 Å². The number of carbonyl (C=O) groups is 1. The zero-order valence-electron chi connectivity index (χ0n) is 18.9. The first-order valence-corrected chi connectivity index (χ1v) is 12.0. The molecule has 0 spiro atoms. The number of rotatable bonds is 9. The number of carbonyl (C=O) groups excluding carboxylic acids is 1. The molecule has 0 bridgehead atoms. The standard InChI is InChI=1S/C26H21BrCl2N2O4/c1-3-34-20-7-5-19(6-8-20)31-26(32)18(14-30)10-17-11-21(27)25(24(13-17)33-2)35-15-16-4-9-22(28)23(29)12-16/h4-13H,3,15H2,1-2H3,(H,31,32)/b18-10-. The predicted octanol–water partition coefficient (Wildman–Crippen LogP) is 7.29. The first kappa shape index (κ1) is 26.4. The van der Waals surface area contributed by atoms with Crippen LogP contribution in [0, 0.1) is 11.3 Å². The molecule has 3 aromatic rings. The third kappa shape index (κ3) is 7.15. The molecule has 0 aliphatic heterocycles. The third-order valence-electron chi connectivity index (χ3n) is 4.72. The number of nitrogens with zero attached hydrogens (tertiary/aromatic N) is 1. The number of anilines is 1. The van der Waals surface area contributed by atoms with E-state index in [1.54, 1.807) is 48.5 Å². The second-order valence-corrected chi connectivity index (χ2v) is 8.82. The van der Waals surface area contributed by atoms with Gasteiger partial charge in [0.25, 0.3) is 5.91 Å². The van der Waals surface area contributed by atoms with Crippen molar-refractivity contribution in [1.29, 1.82) is 5.26 Å². The normalized spacial score (nSPS) is 10.9. The molecule has 0 aromatic heterocycles. The summed E-state index contributed by atoms with van der Waals surface area (Å²) in [5.74, 6) is 1.05. The number of halogens is 3. The van der Waals surface area contributed by atoms with Crippen LogP contribution >= 0.6 is 39.1 Å². The third-order valence-corrected chi connectivity index (χ3v) is 6.05. The van der Waals surface area contributed by atoms with Gasteiger partial charge in [-0.25, -0.2) is 0 Å². The van der Waals surface area contributed by atoms with Gasteiger partial charge in [-0.3, -0.25) is 4.79 Å². The molecular formula is C26H21BrCl2N2O4. The molecule has 0 atom stereocenters. The second kappa shape index (κ2) is 12.5. The summed E-state index contributed by atoms with van der Waals surface area (Å²) in [4.78, 5) is 12.7. The maximum absolute atomic E-state index is 12.7. The van der Waals surface area contributed by atoms with Crippen LogP contribution < -0.4 is 19.5 Å². The highest BCUT2D eigenvalue weighted by Gasteiger charge is 2.15. The van der Waals surface area contributed by atoms with Gasteiger partial charge < -0.3 is 19.5 Å². The monoisotopic (exact) mass is 574 g/mol. The minimum absolute atomic E-state index is 0.0719. The molecule has 0 fully saturated rings. The number of nitrogens with one attached hydrogen (secondary N) is 1. The van der Waals surface area contributed by atoms with Crippen molar-refractivity contribution in [2.75, 3.05) is 19.0 Å². The molecule has 3 rings (SSSR count). The molecular weight excluding hydrogens is 555 g/mol. The lowest BCUT2D eigenvalue weighted by Gasteiger charge is -2.14. The Labute approximate surface area is 222 Å². The molecule has 3 aromatic carbocycles. The fraction of sp³-hybridized carbons (Fsp3) is 0.154. The number of amides is 1. The number of methoxy groups -OCH3 is 1. The highest BCUT2D eigenvalue weighted by Crippen LogP contribution is 2.38. The summed E-state index contributed by atoms with van der Waals surface area (Å²) >= 11 is 15.5. The Morgan fingerprint density at radius 1 is 1.09 bits per heavy atom. The van der Waals surface area contributed by atoms with Gasteiger partial charge in [-0.05, 0) is 88.6 Å². The van der Waals surface area contributed by atoms with Gasteiger partial charge in [0.1, 0.15) is 24.0 Å². The van der Waals surface area contributed by atoms with Crippen LogP contribution in [-0.2, 0) is 11.4 Å². The fourth-order valence-corrected chi connectivity index (χ4v) is 3.96. The first-order chi connectivity index (χ1) is 16.8. The summed E-state index contributed by atoms with van der Waals surface area (Å²) in [7, 11) is 1.51. The van der Waals surface area contributed by atoms with Crippen molar-refractivity contribution < 1.29 is 19.0 Å². The SMILES string of the molecule is CCOc1ccc(NC(=O)/C(C#N)=C\c2cc(Br)c(OCc3ccc(Cl)c(Cl)c3)c(OC)c2)cc1. The molecule has 1 N–H and O–H groups in total. The summed E-state index contributed by atoms with van der Waals surface area (Å²) < 4.78 is 17.4. The van der Waals surface area contributed by atoms with E-state index in [1.165, 1.54) is 13.2 Å². The van der Waals surface area contributed by atoms with Crippen LogP contribution in [0.15, 0.2) is 64.6 Å². The lowest BCUT2D eigenvalue weighted by molar-refractivity contribution is -0.112. The average molecular weight is 576 g/mol. The number of ether oxygens (including phenoxy) is 3. The van der Waals surface area contributed by atoms with Crippen molar-refractivity contribution in [3.63, 3.8) is 0 Å². The van der Waals surface area contributed by atoms with E-state index in [0.29, 0.717) is 49.6 Å². The van der Waals surface area contributed by atoms with Crippen molar-refractivity contribution in [2.45, 2.75) is 13.5 Å². The van der Waals surface area contributed by atoms with Crippen molar-refractivity contribution in [1.82, 2.24) is 0 Å². The maximum Gasteiger partial charge on any atom is 0.266 e. The summed E-state index contributed by atoms with van der Waals surface area (Å²) in [5.41, 5.74) is 1.88. The zero-order chi connectivity index (χ0) is 25.4. The van der Waals surface area contributed by atoms with E-state index in [-0.39, 0.29) is 12.2 Å². The van der Waals surface area contributed by atoms with E-state index in [9.17, 15) is 10.1 Å². The minimum atomic E-state index is -0.535. The zero-order valence-corrected chi connectivity index (χ0v) is 22.0. The molecule has 0 unspecified atom stereocenters. The molecule has 0 radical (unpaired) electrons. The molecule has 9 heteroatoms. The highest BCUT2D eigenvalue weighted by molar-refractivity contribution is 9.10. The molecule has 0 heterocycles. The largest absolute Gasteiger partial charge is 0.494 e. The van der Waals surface area contributed by atoms with Crippen molar-refractivity contribution >= 4 is 56.8 Å². The maximum atomic E-state index is 12.7. The summed E-state index contributed by atoms with van der Waals surface area (Å²) in [6.07, 6.45) is 1.47. The van der Waals surface area contributed by atoms with Crippen LogP contribution in [0.1, 0.15) is 18.1 Å². The quantitative estimate of drug-likeness (QED) is 0.214. The Morgan fingerprint density at radius 3 is 2.46 bits per heavy atom. The predicted molar refractivity (Wildman–Crippen MR) is 141 cm³/mol. The van der Waals surface area contributed by atoms with E-state index < -0.39 is 5.91 Å². The second-order valence-electron chi connectivity index (χ2n) is 7.15. The van der Waals surface area contributed by atoms with Gasteiger partial charge in [-0.15, -0.1) is 0 Å². The van der Waals surface area contributed by atoms with Crippen LogP contribution in [0.2, 0.25) is 10.0 Å². The van der Waals surface area contributed by atoms with Gasteiger partial charge in [-0.2, -0.15) is 5.26 Å². The highest BCUT2D eigenvalue weighted by atomic mass is 79.9. The minimum Gasteiger partial charge on any atom is -0.494 e. The molecule has 180 valence electrons. The van der Waals surface area contributed by atoms with Gasteiger partial charge in [0.15, 0.2) is 11.5 Å². The number of hydrogen-bond acceptors (Lipinski definition) is 5. The van der Waals surface area contributed by atoms with Crippen LogP contribution in [-0.4, -0.2) is 19.6 Å². The van der Waals surface area contributed by atoms with E-state index in [0.717, 1.165) is 5.56 Å². The lowest BCUT2D eigenvalue weighted by atomic mass is 10.1. The van der Waals surface area contributed by atoms with Crippen molar-refractivity contribution in [2.24, 2.45) is 0 Å². The van der Waals surface area contributed by atoms with E-state index in [2.05, 4.69) is 21.2 Å². The number of nitriles is 1. The Kier molecular flexibility index (Phi) is 9.44. The summed E-state index contributed by atoms with van der Waals surface area (Å²) in [6.45, 7) is 2.67. The average Bonchev–Trinajstić information content (AvgIpc) is 2.84.